The van der Waals surface area contributed by atoms with Gasteiger partial charge in [-0.3, -0.25) is 23.9 Å². The molecule has 0 spiro atoms. The SMILES string of the molecule is Cc1cccc2c(=O)n(CCC(=O)N3CCN(CC(=O)Nc4ccccc4)CC3)cnc12. The van der Waals surface area contributed by atoms with Crippen molar-refractivity contribution in [3.63, 3.8) is 0 Å². The molecule has 0 saturated carbocycles. The maximum atomic E-state index is 12.7. The molecule has 0 atom stereocenters. The number of aromatic nitrogens is 2. The first-order chi connectivity index (χ1) is 15.5. The Hall–Kier alpha value is -3.52. The summed E-state index contributed by atoms with van der Waals surface area (Å²) >= 11 is 0. The third kappa shape index (κ3) is 5.03. The second-order valence-electron chi connectivity index (χ2n) is 8.04. The van der Waals surface area contributed by atoms with Crippen LogP contribution in [0.1, 0.15) is 12.0 Å². The van der Waals surface area contributed by atoms with E-state index in [0.29, 0.717) is 50.2 Å². The average Bonchev–Trinajstić information content (AvgIpc) is 2.80. The van der Waals surface area contributed by atoms with E-state index in [1.165, 1.54) is 10.9 Å². The zero-order valence-corrected chi connectivity index (χ0v) is 18.2. The van der Waals surface area contributed by atoms with Crippen molar-refractivity contribution in [3.8, 4) is 0 Å². The molecule has 0 unspecified atom stereocenters. The van der Waals surface area contributed by atoms with Crippen LogP contribution in [0.15, 0.2) is 59.7 Å². The second kappa shape index (κ2) is 9.74. The van der Waals surface area contributed by atoms with Crippen LogP contribution in [0, 0.1) is 6.92 Å². The molecule has 2 aromatic carbocycles. The number of hydrogen-bond acceptors (Lipinski definition) is 5. The van der Waals surface area contributed by atoms with Gasteiger partial charge in [-0.15, -0.1) is 0 Å². The number of rotatable bonds is 6. The number of nitrogens with zero attached hydrogens (tertiary/aromatic N) is 4. The molecule has 1 fully saturated rings. The van der Waals surface area contributed by atoms with Gasteiger partial charge in [0.05, 0.1) is 23.8 Å². The van der Waals surface area contributed by atoms with Crippen LogP contribution in [0.2, 0.25) is 0 Å². The largest absolute Gasteiger partial charge is 0.340 e. The highest BCUT2D eigenvalue weighted by Crippen LogP contribution is 2.12. The highest BCUT2D eigenvalue weighted by atomic mass is 16.2. The first-order valence-corrected chi connectivity index (χ1v) is 10.8. The lowest BCUT2D eigenvalue weighted by Crippen LogP contribution is -2.50. The molecule has 4 rings (SSSR count). The third-order valence-electron chi connectivity index (χ3n) is 5.77. The van der Waals surface area contributed by atoms with Crippen molar-refractivity contribution >= 4 is 28.4 Å². The minimum absolute atomic E-state index is 0.00891. The molecule has 0 bridgehead atoms. The van der Waals surface area contributed by atoms with E-state index in [1.54, 1.807) is 11.0 Å². The van der Waals surface area contributed by atoms with Crippen LogP contribution in [-0.4, -0.2) is 63.9 Å². The summed E-state index contributed by atoms with van der Waals surface area (Å²) in [5.74, 6) is -0.0518. The lowest BCUT2D eigenvalue weighted by atomic mass is 10.1. The van der Waals surface area contributed by atoms with Gasteiger partial charge in [0.25, 0.3) is 5.56 Å². The molecule has 1 aromatic heterocycles. The van der Waals surface area contributed by atoms with Gasteiger partial charge in [0.2, 0.25) is 11.8 Å². The van der Waals surface area contributed by atoms with Gasteiger partial charge in [-0.25, -0.2) is 4.98 Å². The van der Waals surface area contributed by atoms with Crippen LogP contribution in [0.3, 0.4) is 0 Å². The average molecular weight is 434 g/mol. The number of nitrogens with one attached hydrogen (secondary N) is 1. The van der Waals surface area contributed by atoms with E-state index < -0.39 is 0 Å². The van der Waals surface area contributed by atoms with E-state index in [0.717, 1.165) is 11.3 Å². The highest BCUT2D eigenvalue weighted by Gasteiger charge is 2.22. The maximum Gasteiger partial charge on any atom is 0.261 e. The minimum Gasteiger partial charge on any atom is -0.340 e. The molecule has 8 nitrogen and oxygen atoms in total. The molecule has 2 heterocycles. The smallest absolute Gasteiger partial charge is 0.261 e. The Morgan fingerprint density at radius 3 is 2.50 bits per heavy atom. The molecule has 3 aromatic rings. The van der Waals surface area contributed by atoms with Crippen molar-refractivity contribution in [1.29, 1.82) is 0 Å². The summed E-state index contributed by atoms with van der Waals surface area (Å²) in [7, 11) is 0. The Morgan fingerprint density at radius 1 is 1.00 bits per heavy atom. The zero-order chi connectivity index (χ0) is 22.5. The van der Waals surface area contributed by atoms with Crippen molar-refractivity contribution in [3.05, 3.63) is 70.8 Å². The molecule has 32 heavy (non-hydrogen) atoms. The van der Waals surface area contributed by atoms with E-state index in [1.807, 2.05) is 54.3 Å². The van der Waals surface area contributed by atoms with Crippen molar-refractivity contribution < 1.29 is 9.59 Å². The third-order valence-corrected chi connectivity index (χ3v) is 5.77. The van der Waals surface area contributed by atoms with Gasteiger partial charge in [0.15, 0.2) is 0 Å². The molecule has 166 valence electrons. The zero-order valence-electron chi connectivity index (χ0n) is 18.2. The summed E-state index contributed by atoms with van der Waals surface area (Å²) in [5, 5.41) is 3.46. The number of carbonyl (C=O) groups is 2. The summed E-state index contributed by atoms with van der Waals surface area (Å²) in [6.45, 7) is 4.95. The normalized spacial score (nSPS) is 14.5. The van der Waals surface area contributed by atoms with Gasteiger partial charge in [-0.05, 0) is 30.7 Å². The number of amides is 2. The highest BCUT2D eigenvalue weighted by molar-refractivity contribution is 5.92. The molecular weight excluding hydrogens is 406 g/mol. The summed E-state index contributed by atoms with van der Waals surface area (Å²) in [6, 6.07) is 14.9. The topological polar surface area (TPSA) is 87.5 Å². The number of aryl methyl sites for hydroxylation is 2. The van der Waals surface area contributed by atoms with Crippen LogP contribution in [0.4, 0.5) is 5.69 Å². The summed E-state index contributed by atoms with van der Waals surface area (Å²) in [5.41, 5.74) is 2.31. The monoisotopic (exact) mass is 433 g/mol. The fraction of sp³-hybridized carbons (Fsp3) is 0.333. The molecular formula is C24H27N5O3. The Morgan fingerprint density at radius 2 is 1.75 bits per heavy atom. The molecule has 1 aliphatic heterocycles. The maximum absolute atomic E-state index is 12.7. The van der Waals surface area contributed by atoms with Crippen molar-refractivity contribution in [2.24, 2.45) is 0 Å². The Bertz CT molecular complexity index is 1170. The summed E-state index contributed by atoms with van der Waals surface area (Å²) in [4.78, 5) is 45.8. The van der Waals surface area contributed by atoms with Crippen LogP contribution in [-0.2, 0) is 16.1 Å². The standard InChI is InChI=1S/C24H27N5O3/c1-18-6-5-9-20-23(18)25-17-29(24(20)32)11-10-22(31)28-14-12-27(13-15-28)16-21(30)26-19-7-3-2-4-8-19/h2-9,17H,10-16H2,1H3,(H,26,30). The predicted molar refractivity (Wildman–Crippen MR) is 123 cm³/mol. The van der Waals surface area contributed by atoms with Gasteiger partial charge < -0.3 is 10.2 Å². The van der Waals surface area contributed by atoms with E-state index in [4.69, 9.17) is 0 Å². The fourth-order valence-corrected chi connectivity index (χ4v) is 3.95. The lowest BCUT2D eigenvalue weighted by Gasteiger charge is -2.34. The molecule has 1 N–H and O–H groups in total. The first kappa shape index (κ1) is 21.7. The second-order valence-corrected chi connectivity index (χ2v) is 8.04. The van der Waals surface area contributed by atoms with Gasteiger partial charge in [0.1, 0.15) is 0 Å². The van der Waals surface area contributed by atoms with Crippen molar-refractivity contribution in [1.82, 2.24) is 19.4 Å². The summed E-state index contributed by atoms with van der Waals surface area (Å²) in [6.07, 6.45) is 1.77. The number of hydrogen-bond donors (Lipinski definition) is 1. The van der Waals surface area contributed by atoms with Crippen LogP contribution >= 0.6 is 0 Å². The van der Waals surface area contributed by atoms with E-state index >= 15 is 0 Å². The van der Waals surface area contributed by atoms with Gasteiger partial charge in [-0.2, -0.15) is 0 Å². The number of para-hydroxylation sites is 2. The molecule has 2 amide bonds. The quantitative estimate of drug-likeness (QED) is 0.641. The number of fused-ring (bicyclic) bond motifs is 1. The predicted octanol–water partition coefficient (Wildman–Crippen LogP) is 1.88. The first-order valence-electron chi connectivity index (χ1n) is 10.8. The van der Waals surface area contributed by atoms with Gasteiger partial charge >= 0.3 is 0 Å². The van der Waals surface area contributed by atoms with Crippen LogP contribution in [0.25, 0.3) is 10.9 Å². The Balaban J connectivity index is 1.26. The van der Waals surface area contributed by atoms with E-state index in [-0.39, 0.29) is 23.8 Å². The van der Waals surface area contributed by atoms with Gasteiger partial charge in [-0.1, -0.05) is 30.3 Å². The number of piperazine rings is 1. The van der Waals surface area contributed by atoms with Crippen LogP contribution in [0.5, 0.6) is 0 Å². The molecule has 0 radical (unpaired) electrons. The van der Waals surface area contributed by atoms with E-state index in [2.05, 4.69) is 10.3 Å². The molecule has 8 heteroatoms. The molecule has 0 aliphatic carbocycles. The molecule has 1 aliphatic rings. The van der Waals surface area contributed by atoms with Gasteiger partial charge in [0, 0.05) is 44.8 Å². The minimum atomic E-state index is -0.124. The summed E-state index contributed by atoms with van der Waals surface area (Å²) < 4.78 is 1.50. The van der Waals surface area contributed by atoms with Crippen LogP contribution < -0.4 is 10.9 Å². The van der Waals surface area contributed by atoms with E-state index in [9.17, 15) is 14.4 Å². The Kier molecular flexibility index (Phi) is 6.61. The Labute approximate surface area is 186 Å². The number of anilines is 1. The molecule has 1 saturated heterocycles. The number of carbonyl (C=O) groups excluding carboxylic acids is 2. The fourth-order valence-electron chi connectivity index (χ4n) is 3.95. The number of benzene rings is 2. The lowest BCUT2D eigenvalue weighted by molar-refractivity contribution is -0.133. The van der Waals surface area contributed by atoms with Crippen molar-refractivity contribution in [2.45, 2.75) is 19.9 Å². The van der Waals surface area contributed by atoms with Crippen molar-refractivity contribution in [2.75, 3.05) is 38.0 Å².